The standard InChI is InChI=1S/C43H56N8O8/c1-42(2,48-40(58)46-30-11-19-36(20-12-30)50(5)34-15-7-28(8-16-34)38(56)44-32(23-52)24-53)27-43(3,4)49-41(59)47-31-13-21-37(22-14-31)51(6)35-17-9-29(10-18-35)39(57)45-33(25-54)26-55/h7-22,32-33,52-55H,23-27H2,1-6H3,(H,44,56)(H,45,57)(H2,46,48,58)(H2,47,49,59). The Hall–Kier alpha value is -6.20. The highest BCUT2D eigenvalue weighted by Gasteiger charge is 2.31. The second-order valence-electron chi connectivity index (χ2n) is 15.5. The maximum Gasteiger partial charge on any atom is 0.319 e. The number of hydrogen-bond acceptors (Lipinski definition) is 10. The van der Waals surface area contributed by atoms with E-state index in [2.05, 4.69) is 31.9 Å². The lowest BCUT2D eigenvalue weighted by molar-refractivity contribution is 0.0874. The van der Waals surface area contributed by atoms with Crippen molar-refractivity contribution in [1.82, 2.24) is 21.3 Å². The van der Waals surface area contributed by atoms with Crippen LogP contribution in [-0.4, -0.2) is 108 Å². The molecule has 6 amide bonds. The molecule has 0 saturated heterocycles. The maximum absolute atomic E-state index is 13.0. The van der Waals surface area contributed by atoms with Crippen LogP contribution in [0.15, 0.2) is 97.1 Å². The first-order valence-corrected chi connectivity index (χ1v) is 19.1. The molecule has 0 aromatic heterocycles. The molecule has 0 saturated carbocycles. The third-order valence-corrected chi connectivity index (χ3v) is 9.40. The third kappa shape index (κ3) is 13.4. The molecular formula is C43H56N8O8. The molecule has 0 unspecified atom stereocenters. The van der Waals surface area contributed by atoms with E-state index in [4.69, 9.17) is 0 Å². The van der Waals surface area contributed by atoms with Crippen molar-refractivity contribution in [2.75, 3.05) is 61.0 Å². The molecule has 16 nitrogen and oxygen atoms in total. The van der Waals surface area contributed by atoms with Gasteiger partial charge < -0.3 is 62.1 Å². The number of rotatable bonds is 18. The molecule has 59 heavy (non-hydrogen) atoms. The van der Waals surface area contributed by atoms with Crippen LogP contribution in [-0.2, 0) is 0 Å². The van der Waals surface area contributed by atoms with E-state index in [-0.39, 0.29) is 26.4 Å². The molecule has 0 fully saturated rings. The van der Waals surface area contributed by atoms with Gasteiger partial charge in [-0.15, -0.1) is 0 Å². The molecule has 4 rings (SSSR count). The summed E-state index contributed by atoms with van der Waals surface area (Å²) in [4.78, 5) is 54.7. The number of aliphatic hydroxyl groups is 4. The molecule has 316 valence electrons. The maximum atomic E-state index is 13.0. The first-order chi connectivity index (χ1) is 28.0. The average molecular weight is 813 g/mol. The quantitative estimate of drug-likeness (QED) is 0.0686. The lowest BCUT2D eigenvalue weighted by Crippen LogP contribution is -2.55. The van der Waals surface area contributed by atoms with Crippen molar-refractivity contribution in [1.29, 1.82) is 0 Å². The summed E-state index contributed by atoms with van der Waals surface area (Å²) in [5.41, 5.74) is 3.83. The molecule has 0 aliphatic heterocycles. The second kappa shape index (κ2) is 20.5. The van der Waals surface area contributed by atoms with E-state index >= 15 is 0 Å². The summed E-state index contributed by atoms with van der Waals surface area (Å²) < 4.78 is 0. The van der Waals surface area contributed by atoms with E-state index in [1.807, 2.05) is 75.9 Å². The SMILES string of the molecule is CN(c1ccc(NC(=O)NC(C)(C)CC(C)(C)NC(=O)Nc2ccc(N(C)c3ccc(C(=O)NC(CO)CO)cc3)cc2)cc1)c1ccc(C(=O)NC(CO)CO)cc1. The fourth-order valence-corrected chi connectivity index (χ4v) is 6.48. The summed E-state index contributed by atoms with van der Waals surface area (Å²) in [6, 6.07) is 26.0. The minimum Gasteiger partial charge on any atom is -0.394 e. The summed E-state index contributed by atoms with van der Waals surface area (Å²) in [6.07, 6.45) is 0.405. The van der Waals surface area contributed by atoms with Crippen LogP contribution in [0.2, 0.25) is 0 Å². The Morgan fingerprint density at radius 3 is 1.03 bits per heavy atom. The molecule has 0 atom stereocenters. The largest absolute Gasteiger partial charge is 0.394 e. The van der Waals surface area contributed by atoms with Crippen LogP contribution in [0.3, 0.4) is 0 Å². The van der Waals surface area contributed by atoms with Gasteiger partial charge in [-0.05, 0) is 131 Å². The van der Waals surface area contributed by atoms with Crippen LogP contribution in [0.25, 0.3) is 0 Å². The Morgan fingerprint density at radius 1 is 0.492 bits per heavy atom. The molecule has 4 aromatic carbocycles. The number of amides is 6. The highest BCUT2D eigenvalue weighted by atomic mass is 16.3. The molecule has 16 heteroatoms. The average Bonchev–Trinajstić information content (AvgIpc) is 3.20. The van der Waals surface area contributed by atoms with Crippen LogP contribution in [0.5, 0.6) is 0 Å². The Labute approximate surface area is 344 Å². The molecule has 0 radical (unpaired) electrons. The zero-order chi connectivity index (χ0) is 43.3. The zero-order valence-corrected chi connectivity index (χ0v) is 34.2. The van der Waals surface area contributed by atoms with Gasteiger partial charge in [-0.1, -0.05) is 0 Å². The molecule has 0 aliphatic rings. The number of nitrogens with zero attached hydrogens (tertiary/aromatic N) is 2. The highest BCUT2D eigenvalue weighted by Crippen LogP contribution is 2.27. The minimum absolute atomic E-state index is 0.365. The van der Waals surface area contributed by atoms with Crippen molar-refractivity contribution < 1.29 is 39.6 Å². The first kappa shape index (κ1) is 45.5. The van der Waals surface area contributed by atoms with Crippen LogP contribution >= 0.6 is 0 Å². The van der Waals surface area contributed by atoms with E-state index < -0.39 is 47.0 Å². The van der Waals surface area contributed by atoms with Gasteiger partial charge in [0.1, 0.15) is 0 Å². The van der Waals surface area contributed by atoms with Crippen LogP contribution in [0, 0.1) is 0 Å². The lowest BCUT2D eigenvalue weighted by atomic mass is 9.87. The van der Waals surface area contributed by atoms with Gasteiger partial charge in [0, 0.05) is 70.4 Å². The number of anilines is 6. The Bertz CT molecular complexity index is 1850. The number of urea groups is 2. The van der Waals surface area contributed by atoms with Crippen molar-refractivity contribution in [3.63, 3.8) is 0 Å². The molecule has 0 aliphatic carbocycles. The van der Waals surface area contributed by atoms with E-state index in [0.29, 0.717) is 28.9 Å². The van der Waals surface area contributed by atoms with Gasteiger partial charge >= 0.3 is 12.1 Å². The van der Waals surface area contributed by atoms with Crippen molar-refractivity contribution in [3.8, 4) is 0 Å². The van der Waals surface area contributed by atoms with E-state index in [1.165, 1.54) is 0 Å². The van der Waals surface area contributed by atoms with Gasteiger partial charge in [0.05, 0.1) is 38.5 Å². The Kier molecular flexibility index (Phi) is 15.8. The monoisotopic (exact) mass is 812 g/mol. The smallest absolute Gasteiger partial charge is 0.319 e. The molecule has 0 bridgehead atoms. The van der Waals surface area contributed by atoms with Crippen LogP contribution in [0.4, 0.5) is 43.7 Å². The molecule has 0 spiro atoms. The summed E-state index contributed by atoms with van der Waals surface area (Å²) in [5, 5.41) is 53.7. The van der Waals surface area contributed by atoms with E-state index in [1.54, 1.807) is 72.8 Å². The van der Waals surface area contributed by atoms with Crippen molar-refractivity contribution in [3.05, 3.63) is 108 Å². The predicted octanol–water partition coefficient (Wildman–Crippen LogP) is 4.28. The van der Waals surface area contributed by atoms with Gasteiger partial charge in [-0.3, -0.25) is 9.59 Å². The molecule has 4 aromatic rings. The number of nitrogens with one attached hydrogen (secondary N) is 6. The second-order valence-corrected chi connectivity index (χ2v) is 15.5. The number of carbonyl (C=O) groups excluding carboxylic acids is 4. The zero-order valence-electron chi connectivity index (χ0n) is 34.2. The minimum atomic E-state index is -0.731. The number of hydrogen-bond donors (Lipinski definition) is 10. The summed E-state index contributed by atoms with van der Waals surface area (Å²) in [7, 11) is 3.74. The highest BCUT2D eigenvalue weighted by molar-refractivity contribution is 5.96. The van der Waals surface area contributed by atoms with Crippen molar-refractivity contribution in [2.45, 2.75) is 57.3 Å². The van der Waals surface area contributed by atoms with Crippen LogP contribution in [0.1, 0.15) is 54.8 Å². The summed E-state index contributed by atoms with van der Waals surface area (Å²) in [5.74, 6) is -0.797. The van der Waals surface area contributed by atoms with Gasteiger partial charge in [0.25, 0.3) is 11.8 Å². The van der Waals surface area contributed by atoms with Crippen molar-refractivity contribution in [2.24, 2.45) is 0 Å². The summed E-state index contributed by atoms with van der Waals surface area (Å²) >= 11 is 0. The topological polar surface area (TPSA) is 228 Å². The fraction of sp³-hybridized carbons (Fsp3) is 0.349. The van der Waals surface area contributed by atoms with Crippen LogP contribution < -0.4 is 41.7 Å². The van der Waals surface area contributed by atoms with E-state index in [0.717, 1.165) is 22.7 Å². The Balaban J connectivity index is 1.24. The number of benzene rings is 4. The predicted molar refractivity (Wildman–Crippen MR) is 230 cm³/mol. The fourth-order valence-electron chi connectivity index (χ4n) is 6.48. The summed E-state index contributed by atoms with van der Waals surface area (Å²) in [6.45, 7) is 6.04. The van der Waals surface area contributed by atoms with Gasteiger partial charge in [-0.25, -0.2) is 9.59 Å². The lowest BCUT2D eigenvalue weighted by Gasteiger charge is -2.36. The van der Waals surface area contributed by atoms with Crippen molar-refractivity contribution >= 4 is 58.0 Å². The molecule has 10 N–H and O–H groups in total. The third-order valence-electron chi connectivity index (χ3n) is 9.40. The van der Waals surface area contributed by atoms with Gasteiger partial charge in [0.15, 0.2) is 0 Å². The normalized spacial score (nSPS) is 11.5. The number of aliphatic hydroxyl groups excluding tert-OH is 4. The molecule has 0 heterocycles. The Morgan fingerprint density at radius 2 is 0.763 bits per heavy atom. The molecular weight excluding hydrogens is 757 g/mol. The number of carbonyl (C=O) groups is 4. The van der Waals surface area contributed by atoms with Gasteiger partial charge in [0.2, 0.25) is 0 Å². The van der Waals surface area contributed by atoms with Gasteiger partial charge in [-0.2, -0.15) is 0 Å². The van der Waals surface area contributed by atoms with E-state index in [9.17, 15) is 39.6 Å². The first-order valence-electron chi connectivity index (χ1n) is 19.1.